The molecule has 0 radical (unpaired) electrons. The normalized spacial score (nSPS) is 25.1. The maximum absolute atomic E-state index is 13.1. The third-order valence-electron chi connectivity index (χ3n) is 7.87. The topological polar surface area (TPSA) is 73.1 Å². The summed E-state index contributed by atoms with van der Waals surface area (Å²) in [6.07, 6.45) is 4.36. The Morgan fingerprint density at radius 1 is 1.15 bits per heavy atom. The molecule has 2 saturated carbocycles. The van der Waals surface area contributed by atoms with E-state index in [4.69, 9.17) is 0 Å². The van der Waals surface area contributed by atoms with Crippen LogP contribution in [-0.4, -0.2) is 23.2 Å². The van der Waals surface area contributed by atoms with Crippen LogP contribution in [0.1, 0.15) is 95.1 Å². The number of hydrogen-bond acceptors (Lipinski definition) is 3. The first-order chi connectivity index (χ1) is 16.0. The van der Waals surface area contributed by atoms with Crippen LogP contribution >= 0.6 is 0 Å². The summed E-state index contributed by atoms with van der Waals surface area (Å²) in [5.41, 5.74) is -0.228. The average molecular weight is 479 g/mol. The van der Waals surface area contributed by atoms with Crippen LogP contribution in [0.3, 0.4) is 0 Å². The van der Waals surface area contributed by atoms with Crippen molar-refractivity contribution < 1.29 is 23.1 Å². The molecule has 4 nitrogen and oxygen atoms in total. The lowest BCUT2D eigenvalue weighted by Gasteiger charge is -2.40. The number of carbonyl (C=O) groups is 1. The van der Waals surface area contributed by atoms with Gasteiger partial charge in [0.05, 0.1) is 17.0 Å². The molecule has 0 spiro atoms. The van der Waals surface area contributed by atoms with E-state index in [0.29, 0.717) is 12.3 Å². The molecule has 2 aliphatic carbocycles. The Kier molecular flexibility index (Phi) is 8.67. The molecule has 0 bridgehead atoms. The van der Waals surface area contributed by atoms with Gasteiger partial charge in [-0.05, 0) is 94.2 Å². The summed E-state index contributed by atoms with van der Waals surface area (Å²) < 4.78 is 39.3. The second-order valence-electron chi connectivity index (χ2n) is 11.0. The zero-order chi connectivity index (χ0) is 24.9. The minimum Gasteiger partial charge on any atom is -0.481 e. The van der Waals surface area contributed by atoms with Crippen molar-refractivity contribution in [3.8, 4) is 6.07 Å². The van der Waals surface area contributed by atoms with Crippen LogP contribution in [-0.2, 0) is 11.0 Å². The number of hydrogen-bond donors (Lipinski definition) is 2. The monoisotopic (exact) mass is 478 g/mol. The molecule has 1 aromatic rings. The van der Waals surface area contributed by atoms with Crippen molar-refractivity contribution in [2.45, 2.75) is 102 Å². The number of nitriles is 1. The summed E-state index contributed by atoms with van der Waals surface area (Å²) in [4.78, 5) is 11.3. The molecule has 0 amide bonds. The number of carboxylic acids is 1. The average Bonchev–Trinajstić information content (AvgIpc) is 3.31. The number of nitrogens with one attached hydrogen (secondary N) is 1. The highest BCUT2D eigenvalue weighted by Crippen LogP contribution is 2.41. The molecule has 2 fully saturated rings. The molecule has 1 unspecified atom stereocenters. The Balaban J connectivity index is 1.81. The third kappa shape index (κ3) is 7.21. The first-order valence-electron chi connectivity index (χ1n) is 12.5. The van der Waals surface area contributed by atoms with Crippen LogP contribution in [0.4, 0.5) is 13.2 Å². The maximum Gasteiger partial charge on any atom is 0.416 e. The summed E-state index contributed by atoms with van der Waals surface area (Å²) in [7, 11) is 0. The second-order valence-corrected chi connectivity index (χ2v) is 11.0. The van der Waals surface area contributed by atoms with Crippen LogP contribution in [0, 0.1) is 28.6 Å². The van der Waals surface area contributed by atoms with Gasteiger partial charge in [0.2, 0.25) is 0 Å². The van der Waals surface area contributed by atoms with Crippen LogP contribution < -0.4 is 5.32 Å². The summed E-state index contributed by atoms with van der Waals surface area (Å²) in [5.74, 6) is -0.303. The van der Waals surface area contributed by atoms with Gasteiger partial charge in [0.15, 0.2) is 0 Å². The largest absolute Gasteiger partial charge is 0.481 e. The van der Waals surface area contributed by atoms with E-state index >= 15 is 0 Å². The Labute approximate surface area is 200 Å². The number of aliphatic carboxylic acids is 1. The van der Waals surface area contributed by atoms with Crippen LogP contribution in [0.2, 0.25) is 0 Å². The van der Waals surface area contributed by atoms with Gasteiger partial charge >= 0.3 is 12.1 Å². The molecule has 0 aromatic heterocycles. The molecule has 0 heterocycles. The first-order valence-corrected chi connectivity index (χ1v) is 12.5. The smallest absolute Gasteiger partial charge is 0.416 e. The zero-order valence-electron chi connectivity index (χ0n) is 20.2. The molecule has 188 valence electrons. The number of nitrogens with zero attached hydrogens (tertiary/aromatic N) is 1. The van der Waals surface area contributed by atoms with E-state index in [1.165, 1.54) is 12.8 Å². The zero-order valence-corrected chi connectivity index (χ0v) is 20.2. The number of halogens is 3. The Hall–Kier alpha value is -2.07. The van der Waals surface area contributed by atoms with E-state index in [2.05, 4.69) is 11.4 Å². The van der Waals surface area contributed by atoms with Gasteiger partial charge in [0.25, 0.3) is 0 Å². The summed E-state index contributed by atoms with van der Waals surface area (Å²) in [6, 6.07) is 8.13. The van der Waals surface area contributed by atoms with Crippen molar-refractivity contribution in [3.05, 3.63) is 35.4 Å². The summed E-state index contributed by atoms with van der Waals surface area (Å²) in [6.45, 7) is 3.92. The molecule has 3 rings (SSSR count). The molecule has 4 atom stereocenters. The fraction of sp³-hybridized carbons (Fsp3) is 0.704. The second kappa shape index (κ2) is 11.1. The van der Waals surface area contributed by atoms with Gasteiger partial charge in [0, 0.05) is 18.5 Å². The molecule has 7 heteroatoms. The molecule has 2 aliphatic rings. The predicted octanol–water partition coefficient (Wildman–Crippen LogP) is 6.91. The van der Waals surface area contributed by atoms with Crippen molar-refractivity contribution in [2.24, 2.45) is 17.3 Å². The molecule has 2 N–H and O–H groups in total. The fourth-order valence-electron chi connectivity index (χ4n) is 5.84. The van der Waals surface area contributed by atoms with Crippen molar-refractivity contribution >= 4 is 5.97 Å². The highest BCUT2D eigenvalue weighted by Gasteiger charge is 2.37. The van der Waals surface area contributed by atoms with Gasteiger partial charge in [-0.25, -0.2) is 0 Å². The minimum absolute atomic E-state index is 0.0188. The Morgan fingerprint density at radius 2 is 1.79 bits per heavy atom. The SMILES string of the molecule is CC(C)(C#N)CCC(N[C@@H]1CC[C@@H](CC(=O)O)C[C@H]1c1ccc(C(F)(F)F)cc1)C1CCCC1. The van der Waals surface area contributed by atoms with Crippen molar-refractivity contribution in [3.63, 3.8) is 0 Å². The van der Waals surface area contributed by atoms with Crippen LogP contribution in [0.25, 0.3) is 0 Å². The quantitative estimate of drug-likeness (QED) is 0.404. The van der Waals surface area contributed by atoms with Crippen molar-refractivity contribution in [2.75, 3.05) is 0 Å². The highest BCUT2D eigenvalue weighted by atomic mass is 19.4. The van der Waals surface area contributed by atoms with Crippen molar-refractivity contribution in [1.29, 1.82) is 5.26 Å². The molecule has 0 aliphatic heterocycles. The molecule has 0 saturated heterocycles. The van der Waals surface area contributed by atoms with E-state index in [1.54, 1.807) is 12.1 Å². The minimum atomic E-state index is -4.38. The van der Waals surface area contributed by atoms with Gasteiger partial charge < -0.3 is 10.4 Å². The van der Waals surface area contributed by atoms with Crippen LogP contribution in [0.15, 0.2) is 24.3 Å². The van der Waals surface area contributed by atoms with Crippen LogP contribution in [0.5, 0.6) is 0 Å². The molecule has 1 aromatic carbocycles. The summed E-state index contributed by atoms with van der Waals surface area (Å²) >= 11 is 0. The fourth-order valence-corrected chi connectivity index (χ4v) is 5.84. The number of benzene rings is 1. The van der Waals surface area contributed by atoms with Gasteiger partial charge in [0.1, 0.15) is 0 Å². The number of carboxylic acid groups (broad SMARTS) is 1. The predicted molar refractivity (Wildman–Crippen MR) is 125 cm³/mol. The number of rotatable bonds is 9. The molecule has 34 heavy (non-hydrogen) atoms. The standard InChI is InChI=1S/C27H37F3N2O2/c1-26(2,17-31)14-13-23(20-5-3-4-6-20)32-24-12-7-18(16-25(33)34)15-22(24)19-8-10-21(11-9-19)27(28,29)30/h8-11,18,20,22-24,32H,3-7,12-16H2,1-2H3,(H,33,34)/t18-,22+,23?,24-/m1/s1. The van der Waals surface area contributed by atoms with E-state index in [0.717, 1.165) is 56.2 Å². The molecular weight excluding hydrogens is 441 g/mol. The third-order valence-corrected chi connectivity index (χ3v) is 7.87. The highest BCUT2D eigenvalue weighted by molar-refractivity contribution is 5.67. The Bertz CT molecular complexity index is 854. The Morgan fingerprint density at radius 3 is 2.35 bits per heavy atom. The maximum atomic E-state index is 13.1. The van der Waals surface area contributed by atoms with E-state index in [1.807, 2.05) is 13.8 Å². The molecular formula is C27H37F3N2O2. The lowest BCUT2D eigenvalue weighted by Crippen LogP contribution is -2.47. The van der Waals surface area contributed by atoms with E-state index in [9.17, 15) is 28.3 Å². The van der Waals surface area contributed by atoms with Gasteiger partial charge in [-0.15, -0.1) is 0 Å². The van der Waals surface area contributed by atoms with E-state index in [-0.39, 0.29) is 30.3 Å². The lowest BCUT2D eigenvalue weighted by molar-refractivity contribution is -0.139. The first kappa shape index (κ1) is 26.5. The number of alkyl halides is 3. The van der Waals surface area contributed by atoms with Gasteiger partial charge in [-0.2, -0.15) is 18.4 Å². The van der Waals surface area contributed by atoms with Gasteiger partial charge in [-0.1, -0.05) is 25.0 Å². The summed E-state index contributed by atoms with van der Waals surface area (Å²) in [5, 5.41) is 22.7. The van der Waals surface area contributed by atoms with Gasteiger partial charge in [-0.3, -0.25) is 4.79 Å². The van der Waals surface area contributed by atoms with E-state index < -0.39 is 23.1 Å². The van der Waals surface area contributed by atoms with Crippen molar-refractivity contribution in [1.82, 2.24) is 5.32 Å². The lowest BCUT2D eigenvalue weighted by atomic mass is 9.73.